The largest absolute Gasteiger partial charge is 0.481 e. The van der Waals surface area contributed by atoms with E-state index in [0.29, 0.717) is 5.92 Å². The molecule has 17 heavy (non-hydrogen) atoms. The van der Waals surface area contributed by atoms with Crippen molar-refractivity contribution in [2.24, 2.45) is 5.92 Å². The van der Waals surface area contributed by atoms with E-state index >= 15 is 0 Å². The average molecular weight is 232 g/mol. The third-order valence-corrected chi connectivity index (χ3v) is 3.75. The van der Waals surface area contributed by atoms with E-state index in [0.717, 1.165) is 12.8 Å². The van der Waals surface area contributed by atoms with Crippen LogP contribution in [0.4, 0.5) is 0 Å². The molecule has 92 valence electrons. The van der Waals surface area contributed by atoms with Crippen LogP contribution < -0.4 is 0 Å². The average Bonchev–Trinajstić information content (AvgIpc) is 2.19. The van der Waals surface area contributed by atoms with Crippen LogP contribution in [0.15, 0.2) is 12.1 Å². The smallest absolute Gasteiger partial charge is 0.303 e. The fourth-order valence-electron chi connectivity index (χ4n) is 3.12. The summed E-state index contributed by atoms with van der Waals surface area (Å²) in [5.41, 5.74) is 5.23. The van der Waals surface area contributed by atoms with E-state index in [1.165, 1.54) is 22.3 Å². The number of carboxylic acid groups (broad SMARTS) is 1. The van der Waals surface area contributed by atoms with E-state index in [2.05, 4.69) is 32.9 Å². The minimum atomic E-state index is -0.686. The topological polar surface area (TPSA) is 37.3 Å². The van der Waals surface area contributed by atoms with E-state index in [1.54, 1.807) is 0 Å². The van der Waals surface area contributed by atoms with Gasteiger partial charge in [0.1, 0.15) is 0 Å². The van der Waals surface area contributed by atoms with Crippen molar-refractivity contribution >= 4 is 5.97 Å². The van der Waals surface area contributed by atoms with Gasteiger partial charge in [-0.25, -0.2) is 0 Å². The van der Waals surface area contributed by atoms with Gasteiger partial charge in [-0.05, 0) is 55.2 Å². The minimum Gasteiger partial charge on any atom is -0.481 e. The van der Waals surface area contributed by atoms with Crippen molar-refractivity contribution in [1.82, 2.24) is 0 Å². The van der Waals surface area contributed by atoms with Gasteiger partial charge in [0.15, 0.2) is 0 Å². The Morgan fingerprint density at radius 1 is 1.41 bits per heavy atom. The van der Waals surface area contributed by atoms with Gasteiger partial charge in [0.25, 0.3) is 0 Å². The number of aliphatic carboxylic acids is 1. The molecule has 2 heteroatoms. The fraction of sp³-hybridized carbons (Fsp3) is 0.533. The Balaban J connectivity index is 2.44. The molecule has 0 fully saturated rings. The maximum absolute atomic E-state index is 11.0. The van der Waals surface area contributed by atoms with E-state index in [-0.39, 0.29) is 12.3 Å². The zero-order valence-corrected chi connectivity index (χ0v) is 10.8. The molecule has 1 aliphatic carbocycles. The molecule has 2 rings (SSSR count). The SMILES string of the molecule is Cc1cc(C)c2c(c1)C(CC(=O)O)CC(C)C2. The molecule has 0 saturated heterocycles. The molecule has 0 heterocycles. The Morgan fingerprint density at radius 3 is 2.76 bits per heavy atom. The lowest BCUT2D eigenvalue weighted by atomic mass is 9.74. The molecule has 2 atom stereocenters. The van der Waals surface area contributed by atoms with Crippen LogP contribution in [0.5, 0.6) is 0 Å². The van der Waals surface area contributed by atoms with Gasteiger partial charge in [-0.1, -0.05) is 24.6 Å². The van der Waals surface area contributed by atoms with E-state index in [4.69, 9.17) is 5.11 Å². The molecule has 0 saturated carbocycles. The molecular formula is C15H20O2. The number of carbonyl (C=O) groups is 1. The molecule has 0 radical (unpaired) electrons. The molecule has 2 unspecified atom stereocenters. The molecular weight excluding hydrogens is 212 g/mol. The third kappa shape index (κ3) is 2.51. The van der Waals surface area contributed by atoms with E-state index in [9.17, 15) is 4.79 Å². The van der Waals surface area contributed by atoms with Crippen molar-refractivity contribution in [3.8, 4) is 0 Å². The molecule has 1 aliphatic rings. The predicted molar refractivity (Wildman–Crippen MR) is 68.4 cm³/mol. The normalized spacial score (nSPS) is 23.2. The van der Waals surface area contributed by atoms with Crippen LogP contribution >= 0.6 is 0 Å². The number of rotatable bonds is 2. The Hall–Kier alpha value is -1.31. The zero-order valence-electron chi connectivity index (χ0n) is 10.8. The van der Waals surface area contributed by atoms with Gasteiger partial charge in [0.05, 0.1) is 6.42 Å². The molecule has 1 N–H and O–H groups in total. The van der Waals surface area contributed by atoms with Crippen LogP contribution in [0, 0.1) is 19.8 Å². The summed E-state index contributed by atoms with van der Waals surface area (Å²) < 4.78 is 0. The molecule has 1 aromatic carbocycles. The highest BCUT2D eigenvalue weighted by Crippen LogP contribution is 2.38. The van der Waals surface area contributed by atoms with E-state index in [1.807, 2.05) is 0 Å². The maximum Gasteiger partial charge on any atom is 0.303 e. The standard InChI is InChI=1S/C15H20O2/c1-9-4-11(3)13-6-10(2)5-12(8-15(16)17)14(13)7-9/h4,7,10,12H,5-6,8H2,1-3H3,(H,16,17). The summed E-state index contributed by atoms with van der Waals surface area (Å²) >= 11 is 0. The van der Waals surface area contributed by atoms with Crippen LogP contribution in [-0.4, -0.2) is 11.1 Å². The van der Waals surface area contributed by atoms with E-state index < -0.39 is 5.97 Å². The molecule has 1 aromatic rings. The van der Waals surface area contributed by atoms with Crippen molar-refractivity contribution in [1.29, 1.82) is 0 Å². The second-order valence-corrected chi connectivity index (χ2v) is 5.49. The van der Waals surface area contributed by atoms with Gasteiger partial charge in [-0.15, -0.1) is 0 Å². The molecule has 0 spiro atoms. The summed E-state index contributed by atoms with van der Waals surface area (Å²) in [7, 11) is 0. The van der Waals surface area contributed by atoms with Gasteiger partial charge >= 0.3 is 5.97 Å². The number of benzene rings is 1. The van der Waals surface area contributed by atoms with Crippen molar-refractivity contribution in [2.45, 2.75) is 46.0 Å². The molecule has 0 bridgehead atoms. The Bertz CT molecular complexity index is 448. The quantitative estimate of drug-likeness (QED) is 0.848. The third-order valence-electron chi connectivity index (χ3n) is 3.75. The highest BCUT2D eigenvalue weighted by atomic mass is 16.4. The van der Waals surface area contributed by atoms with Gasteiger partial charge in [-0.3, -0.25) is 4.79 Å². The Morgan fingerprint density at radius 2 is 2.12 bits per heavy atom. The zero-order chi connectivity index (χ0) is 12.6. The monoisotopic (exact) mass is 232 g/mol. The van der Waals surface area contributed by atoms with Gasteiger partial charge in [0, 0.05) is 0 Å². The predicted octanol–water partition coefficient (Wildman–Crippen LogP) is 3.44. The summed E-state index contributed by atoms with van der Waals surface area (Å²) in [6, 6.07) is 4.39. The highest BCUT2D eigenvalue weighted by molar-refractivity contribution is 5.68. The van der Waals surface area contributed by atoms with Crippen molar-refractivity contribution in [2.75, 3.05) is 0 Å². The second-order valence-electron chi connectivity index (χ2n) is 5.49. The van der Waals surface area contributed by atoms with Crippen LogP contribution in [0.2, 0.25) is 0 Å². The number of carboxylic acids is 1. The number of fused-ring (bicyclic) bond motifs is 1. The summed E-state index contributed by atoms with van der Waals surface area (Å²) in [5, 5.41) is 9.02. The van der Waals surface area contributed by atoms with Crippen LogP contribution in [0.3, 0.4) is 0 Å². The molecule has 2 nitrogen and oxygen atoms in total. The van der Waals surface area contributed by atoms with Crippen LogP contribution in [0.1, 0.15) is 47.9 Å². The summed E-state index contributed by atoms with van der Waals surface area (Å²) in [5.74, 6) is 0.104. The summed E-state index contributed by atoms with van der Waals surface area (Å²) in [6.07, 6.45) is 2.36. The lowest BCUT2D eigenvalue weighted by Gasteiger charge is -2.30. The van der Waals surface area contributed by atoms with Crippen molar-refractivity contribution in [3.05, 3.63) is 34.4 Å². The summed E-state index contributed by atoms with van der Waals surface area (Å²) in [4.78, 5) is 11.0. The van der Waals surface area contributed by atoms with Gasteiger partial charge in [0.2, 0.25) is 0 Å². The van der Waals surface area contributed by atoms with Crippen LogP contribution in [0.25, 0.3) is 0 Å². The van der Waals surface area contributed by atoms with Crippen molar-refractivity contribution < 1.29 is 9.90 Å². The van der Waals surface area contributed by atoms with Crippen LogP contribution in [-0.2, 0) is 11.2 Å². The van der Waals surface area contributed by atoms with Crippen molar-refractivity contribution in [3.63, 3.8) is 0 Å². The number of hydrogen-bond donors (Lipinski definition) is 1. The fourth-order valence-corrected chi connectivity index (χ4v) is 3.12. The first-order valence-electron chi connectivity index (χ1n) is 6.29. The number of hydrogen-bond acceptors (Lipinski definition) is 1. The first-order chi connectivity index (χ1) is 7.97. The summed E-state index contributed by atoms with van der Waals surface area (Å²) in [6.45, 7) is 6.45. The lowest BCUT2D eigenvalue weighted by Crippen LogP contribution is -2.20. The first-order valence-corrected chi connectivity index (χ1v) is 6.29. The maximum atomic E-state index is 11.0. The first kappa shape index (κ1) is 12.2. The lowest BCUT2D eigenvalue weighted by molar-refractivity contribution is -0.137. The van der Waals surface area contributed by atoms with Gasteiger partial charge in [-0.2, -0.15) is 0 Å². The minimum absolute atomic E-state index is 0.199. The Labute approximate surface area is 103 Å². The van der Waals surface area contributed by atoms with Gasteiger partial charge < -0.3 is 5.11 Å². The number of aryl methyl sites for hydroxylation is 2. The second kappa shape index (κ2) is 4.52. The molecule has 0 aromatic heterocycles. The molecule has 0 aliphatic heterocycles. The Kier molecular flexibility index (Phi) is 3.23. The highest BCUT2D eigenvalue weighted by Gasteiger charge is 2.27. The molecule has 0 amide bonds.